The van der Waals surface area contributed by atoms with Crippen molar-refractivity contribution < 1.29 is 23.1 Å². The summed E-state index contributed by atoms with van der Waals surface area (Å²) in [4.78, 5) is 10.3. The van der Waals surface area contributed by atoms with Gasteiger partial charge in [-0.2, -0.15) is 0 Å². The molecular formula is C9H8F3NO2. The predicted octanol–water partition coefficient (Wildman–Crippen LogP) is 1.58. The number of carboxylic acids is 1. The number of carboxylic acid groups (broad SMARTS) is 1. The van der Waals surface area contributed by atoms with Gasteiger partial charge in [0.25, 0.3) is 0 Å². The van der Waals surface area contributed by atoms with Crippen molar-refractivity contribution in [3.63, 3.8) is 0 Å². The second-order valence-electron chi connectivity index (χ2n) is 2.99. The lowest BCUT2D eigenvalue weighted by Crippen LogP contribution is -2.17. The van der Waals surface area contributed by atoms with Gasteiger partial charge in [0.15, 0.2) is 11.6 Å². The van der Waals surface area contributed by atoms with Crippen LogP contribution in [0.25, 0.3) is 0 Å². The Balaban J connectivity index is 3.03. The number of carbonyl (C=O) groups is 1. The molecule has 1 aromatic rings. The maximum Gasteiger partial charge on any atom is 0.305 e. The van der Waals surface area contributed by atoms with E-state index in [9.17, 15) is 18.0 Å². The maximum absolute atomic E-state index is 13.1. The molecule has 0 saturated heterocycles. The molecule has 0 heterocycles. The van der Waals surface area contributed by atoms with E-state index in [0.717, 1.165) is 0 Å². The summed E-state index contributed by atoms with van der Waals surface area (Å²) in [6, 6.07) is -0.289. The van der Waals surface area contributed by atoms with Gasteiger partial charge in [0.05, 0.1) is 6.42 Å². The first kappa shape index (κ1) is 11.5. The van der Waals surface area contributed by atoms with Crippen LogP contribution in [0.5, 0.6) is 0 Å². The predicted molar refractivity (Wildman–Crippen MR) is 45.5 cm³/mol. The Hall–Kier alpha value is -1.56. The average Bonchev–Trinajstić information content (AvgIpc) is 2.09. The van der Waals surface area contributed by atoms with Gasteiger partial charge in [0.1, 0.15) is 5.82 Å². The SMILES string of the molecule is N[C@H](CC(=O)O)c1cc(F)c(F)cc1F. The second-order valence-corrected chi connectivity index (χ2v) is 2.99. The number of nitrogens with two attached hydrogens (primary N) is 1. The molecule has 0 fully saturated rings. The topological polar surface area (TPSA) is 63.3 Å². The number of hydrogen-bond donors (Lipinski definition) is 2. The van der Waals surface area contributed by atoms with Crippen LogP contribution in [0, 0.1) is 17.5 Å². The van der Waals surface area contributed by atoms with Gasteiger partial charge >= 0.3 is 5.97 Å². The van der Waals surface area contributed by atoms with Crippen LogP contribution in [0.1, 0.15) is 18.0 Å². The lowest BCUT2D eigenvalue weighted by Gasteiger charge is -2.10. The highest BCUT2D eigenvalue weighted by atomic mass is 19.2. The maximum atomic E-state index is 13.1. The van der Waals surface area contributed by atoms with Crippen LogP contribution in [0.15, 0.2) is 12.1 Å². The van der Waals surface area contributed by atoms with Gasteiger partial charge in [0.2, 0.25) is 0 Å². The largest absolute Gasteiger partial charge is 0.481 e. The molecule has 1 aromatic carbocycles. The lowest BCUT2D eigenvalue weighted by molar-refractivity contribution is -0.137. The van der Waals surface area contributed by atoms with E-state index >= 15 is 0 Å². The highest BCUT2D eigenvalue weighted by molar-refractivity contribution is 5.67. The molecule has 6 heteroatoms. The fourth-order valence-corrected chi connectivity index (χ4v) is 1.12. The molecule has 1 atom stereocenters. The zero-order valence-electron chi connectivity index (χ0n) is 7.51. The summed E-state index contributed by atoms with van der Waals surface area (Å²) < 4.78 is 38.3. The Labute approximate surface area is 83.3 Å². The third-order valence-corrected chi connectivity index (χ3v) is 1.83. The Bertz CT molecular complexity index is 395. The van der Waals surface area contributed by atoms with Gasteiger partial charge in [0, 0.05) is 17.7 Å². The Morgan fingerprint density at radius 2 is 1.80 bits per heavy atom. The number of rotatable bonds is 3. The molecule has 0 aliphatic carbocycles. The fourth-order valence-electron chi connectivity index (χ4n) is 1.12. The smallest absolute Gasteiger partial charge is 0.305 e. The molecular weight excluding hydrogens is 211 g/mol. The zero-order chi connectivity index (χ0) is 11.6. The Morgan fingerprint density at radius 3 is 2.33 bits per heavy atom. The van der Waals surface area contributed by atoms with Crippen molar-refractivity contribution in [2.24, 2.45) is 5.73 Å². The van der Waals surface area contributed by atoms with E-state index in [1.165, 1.54) is 0 Å². The average molecular weight is 219 g/mol. The minimum atomic E-state index is -1.33. The summed E-state index contributed by atoms with van der Waals surface area (Å²) in [6.45, 7) is 0. The standard InChI is InChI=1S/C9H8F3NO2/c10-5-2-7(12)6(11)1-4(5)8(13)3-9(14)15/h1-2,8H,3,13H2,(H,14,15)/t8-/m1/s1. The molecule has 0 saturated carbocycles. The summed E-state index contributed by atoms with van der Waals surface area (Å²) in [6.07, 6.45) is -0.554. The number of aliphatic carboxylic acids is 1. The summed E-state index contributed by atoms with van der Waals surface area (Å²) in [5, 5.41) is 8.39. The van der Waals surface area contributed by atoms with E-state index in [-0.39, 0.29) is 5.56 Å². The summed E-state index contributed by atoms with van der Waals surface area (Å²) in [5.41, 5.74) is 4.96. The van der Waals surface area contributed by atoms with E-state index in [1.807, 2.05) is 0 Å². The molecule has 0 aromatic heterocycles. The van der Waals surface area contributed by atoms with Gasteiger partial charge in [-0.15, -0.1) is 0 Å². The number of benzene rings is 1. The molecule has 82 valence electrons. The zero-order valence-corrected chi connectivity index (χ0v) is 7.51. The molecule has 0 aliphatic rings. The van der Waals surface area contributed by atoms with Crippen LogP contribution < -0.4 is 5.73 Å². The van der Waals surface area contributed by atoms with E-state index < -0.39 is 35.9 Å². The van der Waals surface area contributed by atoms with Crippen molar-refractivity contribution in [1.82, 2.24) is 0 Å². The van der Waals surface area contributed by atoms with Crippen LogP contribution in [-0.2, 0) is 4.79 Å². The first-order valence-corrected chi connectivity index (χ1v) is 4.03. The van der Waals surface area contributed by atoms with E-state index in [2.05, 4.69) is 0 Å². The minimum Gasteiger partial charge on any atom is -0.481 e. The third-order valence-electron chi connectivity index (χ3n) is 1.83. The number of hydrogen-bond acceptors (Lipinski definition) is 2. The van der Waals surface area contributed by atoms with E-state index in [4.69, 9.17) is 10.8 Å². The van der Waals surface area contributed by atoms with Crippen molar-refractivity contribution >= 4 is 5.97 Å². The van der Waals surface area contributed by atoms with Crippen molar-refractivity contribution in [2.45, 2.75) is 12.5 Å². The van der Waals surface area contributed by atoms with Gasteiger partial charge in [-0.1, -0.05) is 0 Å². The normalized spacial score (nSPS) is 12.5. The molecule has 0 amide bonds. The monoisotopic (exact) mass is 219 g/mol. The molecule has 0 spiro atoms. The molecule has 0 bridgehead atoms. The quantitative estimate of drug-likeness (QED) is 0.758. The highest BCUT2D eigenvalue weighted by Crippen LogP contribution is 2.20. The van der Waals surface area contributed by atoms with Crippen molar-refractivity contribution in [3.8, 4) is 0 Å². The molecule has 3 N–H and O–H groups in total. The molecule has 3 nitrogen and oxygen atoms in total. The highest BCUT2D eigenvalue weighted by Gasteiger charge is 2.17. The van der Waals surface area contributed by atoms with Crippen LogP contribution in [0.2, 0.25) is 0 Å². The number of halogens is 3. The summed E-state index contributed by atoms with van der Waals surface area (Å²) >= 11 is 0. The molecule has 0 unspecified atom stereocenters. The summed E-state index contributed by atoms with van der Waals surface area (Å²) in [7, 11) is 0. The van der Waals surface area contributed by atoms with Gasteiger partial charge in [-0.05, 0) is 6.07 Å². The molecule has 1 rings (SSSR count). The Morgan fingerprint density at radius 1 is 1.27 bits per heavy atom. The molecule has 15 heavy (non-hydrogen) atoms. The van der Waals surface area contributed by atoms with Crippen molar-refractivity contribution in [3.05, 3.63) is 35.1 Å². The van der Waals surface area contributed by atoms with Gasteiger partial charge < -0.3 is 10.8 Å². The summed E-state index contributed by atoms with van der Waals surface area (Å²) in [5.74, 6) is -4.89. The molecule has 0 aliphatic heterocycles. The molecule has 0 radical (unpaired) electrons. The minimum absolute atomic E-state index is 0.340. The van der Waals surface area contributed by atoms with Crippen LogP contribution in [-0.4, -0.2) is 11.1 Å². The van der Waals surface area contributed by atoms with Crippen molar-refractivity contribution in [1.29, 1.82) is 0 Å². The Kier molecular flexibility index (Phi) is 3.31. The van der Waals surface area contributed by atoms with Crippen LogP contribution >= 0.6 is 0 Å². The fraction of sp³-hybridized carbons (Fsp3) is 0.222. The van der Waals surface area contributed by atoms with Gasteiger partial charge in [-0.3, -0.25) is 4.79 Å². The van der Waals surface area contributed by atoms with Crippen molar-refractivity contribution in [2.75, 3.05) is 0 Å². The first-order chi connectivity index (χ1) is 6.91. The first-order valence-electron chi connectivity index (χ1n) is 4.03. The van der Waals surface area contributed by atoms with Gasteiger partial charge in [-0.25, -0.2) is 13.2 Å². The second kappa shape index (κ2) is 4.31. The van der Waals surface area contributed by atoms with E-state index in [1.54, 1.807) is 0 Å². The van der Waals surface area contributed by atoms with Crippen LogP contribution in [0.4, 0.5) is 13.2 Å². The third kappa shape index (κ3) is 2.69. The lowest BCUT2D eigenvalue weighted by atomic mass is 10.0. The van der Waals surface area contributed by atoms with Crippen LogP contribution in [0.3, 0.4) is 0 Å². The van der Waals surface area contributed by atoms with E-state index in [0.29, 0.717) is 12.1 Å².